The lowest BCUT2D eigenvalue weighted by atomic mass is 9.87. The molecule has 1 fully saturated rings. The number of halogens is 4. The summed E-state index contributed by atoms with van der Waals surface area (Å²) in [5, 5.41) is 0. The first-order valence-electron chi connectivity index (χ1n) is 11.0. The highest BCUT2D eigenvalue weighted by Crippen LogP contribution is 2.31. The lowest BCUT2D eigenvalue weighted by Gasteiger charge is -2.27. The van der Waals surface area contributed by atoms with Crippen LogP contribution in [0.25, 0.3) is 11.1 Å². The Morgan fingerprint density at radius 1 is 1.00 bits per heavy atom. The van der Waals surface area contributed by atoms with Gasteiger partial charge < -0.3 is 4.74 Å². The minimum atomic E-state index is -4.96. The highest BCUT2D eigenvalue weighted by molar-refractivity contribution is 5.64. The van der Waals surface area contributed by atoms with E-state index < -0.39 is 18.6 Å². The minimum absolute atomic E-state index is 0.0855. The average Bonchev–Trinajstić information content (AvgIpc) is 2.80. The number of hydrogen-bond donors (Lipinski definition) is 0. The van der Waals surface area contributed by atoms with Gasteiger partial charge in [0.2, 0.25) is 0 Å². The molecule has 0 aromatic heterocycles. The van der Waals surface area contributed by atoms with E-state index in [0.29, 0.717) is 31.6 Å². The van der Waals surface area contributed by atoms with Crippen LogP contribution in [0.5, 0.6) is 0 Å². The van der Waals surface area contributed by atoms with Crippen LogP contribution in [-0.4, -0.2) is 18.6 Å². The van der Waals surface area contributed by atoms with Crippen molar-refractivity contribution in [3.8, 4) is 23.0 Å². The summed E-state index contributed by atoms with van der Waals surface area (Å²) in [5.41, 5.74) is 4.39. The molecule has 2 aromatic rings. The molecule has 5 heteroatoms. The van der Waals surface area contributed by atoms with Crippen LogP contribution in [0.15, 0.2) is 61.2 Å². The molecule has 2 atom stereocenters. The van der Waals surface area contributed by atoms with E-state index in [-0.39, 0.29) is 5.92 Å². The number of rotatable bonds is 6. The molecule has 0 aliphatic heterocycles. The third kappa shape index (κ3) is 6.46. The number of hydrogen-bond acceptors (Lipinski definition) is 1. The van der Waals surface area contributed by atoms with E-state index in [1.165, 1.54) is 5.56 Å². The zero-order chi connectivity index (χ0) is 23.1. The largest absolute Gasteiger partial charge is 0.445 e. The highest BCUT2D eigenvalue weighted by atomic mass is 19.4. The first-order valence-corrected chi connectivity index (χ1v) is 11.0. The normalized spacial score (nSPS) is 20.7. The Morgan fingerprint density at radius 3 is 2.06 bits per heavy atom. The van der Waals surface area contributed by atoms with Gasteiger partial charge in [-0.25, -0.2) is 4.39 Å². The summed E-state index contributed by atoms with van der Waals surface area (Å²) >= 11 is 0. The smallest absolute Gasteiger partial charge is 0.338 e. The van der Waals surface area contributed by atoms with Crippen molar-refractivity contribution in [1.29, 1.82) is 0 Å². The number of alkyl halides is 4. The fourth-order valence-electron chi connectivity index (χ4n) is 3.98. The monoisotopic (exact) mass is 444 g/mol. The van der Waals surface area contributed by atoms with Gasteiger partial charge in [0.25, 0.3) is 6.36 Å². The van der Waals surface area contributed by atoms with Gasteiger partial charge in [0.1, 0.15) is 0 Å². The number of allylic oxidation sites excluding steroid dienone is 1. The van der Waals surface area contributed by atoms with Gasteiger partial charge in [-0.15, -0.1) is 6.58 Å². The van der Waals surface area contributed by atoms with Gasteiger partial charge in [-0.3, -0.25) is 0 Å². The lowest BCUT2D eigenvalue weighted by Crippen LogP contribution is -2.33. The molecule has 2 aromatic carbocycles. The fourth-order valence-corrected chi connectivity index (χ4v) is 3.98. The van der Waals surface area contributed by atoms with Crippen LogP contribution >= 0.6 is 0 Å². The minimum Gasteiger partial charge on any atom is -0.338 e. The van der Waals surface area contributed by atoms with Crippen LogP contribution in [0, 0.1) is 17.8 Å². The van der Waals surface area contributed by atoms with E-state index in [9.17, 15) is 17.6 Å². The maximum atomic E-state index is 13.0. The zero-order valence-electron chi connectivity index (χ0n) is 18.2. The molecule has 3 rings (SSSR count). The quantitative estimate of drug-likeness (QED) is 0.251. The topological polar surface area (TPSA) is 9.23 Å². The van der Waals surface area contributed by atoms with Crippen LogP contribution < -0.4 is 0 Å². The van der Waals surface area contributed by atoms with Gasteiger partial charge in [-0.05, 0) is 60.9 Å². The summed E-state index contributed by atoms with van der Waals surface area (Å²) in [5.74, 6) is 6.81. The Bertz CT molecular complexity index is 927. The van der Waals surface area contributed by atoms with Crippen molar-refractivity contribution < 1.29 is 22.3 Å². The standard InChI is InChI=1S/C27H28F4O/c1-3-21(4-2)22-13-15-24(16-14-22)23-11-7-19(8-12-23)5-6-20-9-17-25(18-10-20)32-26(28)27(29,30)31/h3,7-8,11-16,20-21,25-26H,1,4,9-10,17-18H2,2H3/t20-,21?,25-,26?. The van der Waals surface area contributed by atoms with Gasteiger partial charge >= 0.3 is 6.18 Å². The molecular formula is C27H28F4O. The van der Waals surface area contributed by atoms with E-state index in [1.54, 1.807) is 0 Å². The molecule has 1 saturated carbocycles. The van der Waals surface area contributed by atoms with E-state index >= 15 is 0 Å². The van der Waals surface area contributed by atoms with Crippen LogP contribution in [0.1, 0.15) is 56.1 Å². The molecular weight excluding hydrogens is 416 g/mol. The molecule has 0 bridgehead atoms. The Labute approximate surface area is 187 Å². The highest BCUT2D eigenvalue weighted by Gasteiger charge is 2.43. The van der Waals surface area contributed by atoms with Gasteiger partial charge in [0, 0.05) is 17.4 Å². The zero-order valence-corrected chi connectivity index (χ0v) is 18.2. The Hall–Kier alpha value is -2.58. The summed E-state index contributed by atoms with van der Waals surface area (Å²) in [7, 11) is 0. The van der Waals surface area contributed by atoms with Crippen LogP contribution in [0.2, 0.25) is 0 Å². The average molecular weight is 445 g/mol. The van der Waals surface area contributed by atoms with Gasteiger partial charge in [0.05, 0.1) is 6.10 Å². The Morgan fingerprint density at radius 2 is 1.56 bits per heavy atom. The van der Waals surface area contributed by atoms with Crippen molar-refractivity contribution in [1.82, 2.24) is 0 Å². The molecule has 1 aliphatic rings. The molecule has 32 heavy (non-hydrogen) atoms. The maximum absolute atomic E-state index is 13.0. The van der Waals surface area contributed by atoms with Crippen molar-refractivity contribution in [3.05, 3.63) is 72.3 Å². The van der Waals surface area contributed by atoms with Crippen molar-refractivity contribution in [2.75, 3.05) is 0 Å². The molecule has 1 aliphatic carbocycles. The van der Waals surface area contributed by atoms with Crippen molar-refractivity contribution in [3.63, 3.8) is 0 Å². The summed E-state index contributed by atoms with van der Waals surface area (Å²) in [6.45, 7) is 6.04. The second kappa shape index (κ2) is 10.8. The SMILES string of the molecule is C=CC(CC)c1ccc(-c2ccc(C#C[C@H]3CC[C@H](OC(F)C(F)(F)F)CC3)cc2)cc1. The number of benzene rings is 2. The predicted molar refractivity (Wildman–Crippen MR) is 120 cm³/mol. The van der Waals surface area contributed by atoms with E-state index in [4.69, 9.17) is 0 Å². The molecule has 170 valence electrons. The molecule has 0 amide bonds. The van der Waals surface area contributed by atoms with Crippen LogP contribution in [0.4, 0.5) is 17.6 Å². The van der Waals surface area contributed by atoms with E-state index in [1.807, 2.05) is 30.3 Å². The summed E-state index contributed by atoms with van der Waals surface area (Å²) < 4.78 is 54.4. The van der Waals surface area contributed by atoms with Gasteiger partial charge in [-0.1, -0.05) is 61.2 Å². The van der Waals surface area contributed by atoms with E-state index in [2.05, 4.69) is 54.3 Å². The first kappa shape index (κ1) is 24.1. The third-order valence-corrected chi connectivity index (χ3v) is 5.95. The molecule has 0 heterocycles. The predicted octanol–water partition coefficient (Wildman–Crippen LogP) is 7.82. The molecule has 0 spiro atoms. The third-order valence-electron chi connectivity index (χ3n) is 5.95. The summed E-state index contributed by atoms with van der Waals surface area (Å²) in [6.07, 6.45) is -3.89. The van der Waals surface area contributed by atoms with Crippen LogP contribution in [0.3, 0.4) is 0 Å². The van der Waals surface area contributed by atoms with Gasteiger partial charge in [-0.2, -0.15) is 13.2 Å². The Kier molecular flexibility index (Phi) is 8.15. The second-order valence-electron chi connectivity index (χ2n) is 8.19. The second-order valence-corrected chi connectivity index (χ2v) is 8.19. The first-order chi connectivity index (χ1) is 15.3. The molecule has 0 saturated heterocycles. The molecule has 0 N–H and O–H groups in total. The summed E-state index contributed by atoms with van der Waals surface area (Å²) in [4.78, 5) is 0. The van der Waals surface area contributed by atoms with Gasteiger partial charge in [0.15, 0.2) is 0 Å². The van der Waals surface area contributed by atoms with Crippen molar-refractivity contribution in [2.45, 2.75) is 63.6 Å². The molecule has 2 unspecified atom stereocenters. The number of ether oxygens (including phenoxy) is 1. The maximum Gasteiger partial charge on any atom is 0.445 e. The lowest BCUT2D eigenvalue weighted by molar-refractivity contribution is -0.279. The van der Waals surface area contributed by atoms with Crippen molar-refractivity contribution in [2.24, 2.45) is 5.92 Å². The van der Waals surface area contributed by atoms with Crippen molar-refractivity contribution >= 4 is 0 Å². The van der Waals surface area contributed by atoms with E-state index in [0.717, 1.165) is 23.1 Å². The molecule has 0 radical (unpaired) electrons. The molecule has 1 nitrogen and oxygen atoms in total. The Balaban J connectivity index is 1.54. The van der Waals surface area contributed by atoms with Crippen LogP contribution in [-0.2, 0) is 4.74 Å². The fraction of sp³-hybridized carbons (Fsp3) is 0.407. The summed E-state index contributed by atoms with van der Waals surface area (Å²) in [6, 6.07) is 16.5.